The molecule has 1 N–H and O–H groups in total. The van der Waals surface area contributed by atoms with E-state index in [-0.39, 0.29) is 30.1 Å². The minimum Gasteiger partial charge on any atom is -0.371 e. The first-order valence-electron chi connectivity index (χ1n) is 9.26. The molecule has 4 heterocycles. The van der Waals surface area contributed by atoms with Crippen molar-refractivity contribution in [2.75, 3.05) is 26.3 Å². The highest BCUT2D eigenvalue weighted by molar-refractivity contribution is 7.12. The summed E-state index contributed by atoms with van der Waals surface area (Å²) in [6, 6.07) is 1.74. The summed E-state index contributed by atoms with van der Waals surface area (Å²) in [5.74, 6) is -0.0456. The molecule has 0 spiro atoms. The molecule has 0 bridgehead atoms. The van der Waals surface area contributed by atoms with Crippen molar-refractivity contribution in [3.05, 3.63) is 38.0 Å². The highest BCUT2D eigenvalue weighted by Crippen LogP contribution is 2.22. The van der Waals surface area contributed by atoms with E-state index >= 15 is 0 Å². The van der Waals surface area contributed by atoms with Crippen LogP contribution in [0.1, 0.15) is 25.9 Å². The third-order valence-corrected chi connectivity index (χ3v) is 6.83. The van der Waals surface area contributed by atoms with Gasteiger partial charge in [-0.05, 0) is 30.9 Å². The maximum absolute atomic E-state index is 12.5. The molecular weight excluding hydrogens is 398 g/mol. The van der Waals surface area contributed by atoms with Gasteiger partial charge in [-0.15, -0.1) is 22.7 Å². The lowest BCUT2D eigenvalue weighted by atomic mass is 10.2. The molecule has 9 heteroatoms. The number of ether oxygens (including phenoxy) is 2. The van der Waals surface area contributed by atoms with E-state index in [0.717, 1.165) is 21.1 Å². The molecule has 7 nitrogen and oxygen atoms in total. The van der Waals surface area contributed by atoms with E-state index in [4.69, 9.17) is 9.47 Å². The number of nitrogens with zero attached hydrogens (tertiary/aromatic N) is 2. The van der Waals surface area contributed by atoms with Gasteiger partial charge in [-0.2, -0.15) is 0 Å². The zero-order valence-corrected chi connectivity index (χ0v) is 17.5. The molecule has 0 radical (unpaired) electrons. The van der Waals surface area contributed by atoms with Gasteiger partial charge in [0.05, 0.1) is 41.3 Å². The van der Waals surface area contributed by atoms with Gasteiger partial charge < -0.3 is 19.7 Å². The van der Waals surface area contributed by atoms with Crippen molar-refractivity contribution in [3.8, 4) is 0 Å². The van der Waals surface area contributed by atoms with Crippen LogP contribution in [0.4, 0.5) is 0 Å². The molecule has 2 aromatic rings. The Bertz CT molecular complexity index is 849. The minimum absolute atomic E-state index is 0.0450. The number of carbonyl (C=O) groups excluding carboxylic acids is 2. The Labute approximate surface area is 171 Å². The van der Waals surface area contributed by atoms with Crippen molar-refractivity contribution in [1.82, 2.24) is 15.2 Å². The van der Waals surface area contributed by atoms with E-state index in [1.165, 1.54) is 11.3 Å². The average Bonchev–Trinajstić information content (AvgIpc) is 3.35. The molecule has 2 atom stereocenters. The van der Waals surface area contributed by atoms with Crippen LogP contribution in [0.3, 0.4) is 0 Å². The summed E-state index contributed by atoms with van der Waals surface area (Å²) in [5.41, 5.74) is 1.78. The molecule has 0 unspecified atom stereocenters. The number of thiazole rings is 1. The highest BCUT2D eigenvalue weighted by Gasteiger charge is 2.39. The van der Waals surface area contributed by atoms with Crippen LogP contribution in [0.25, 0.3) is 0 Å². The second-order valence-electron chi connectivity index (χ2n) is 7.18. The first kappa shape index (κ1) is 19.5. The zero-order chi connectivity index (χ0) is 19.7. The van der Waals surface area contributed by atoms with Gasteiger partial charge in [0.25, 0.3) is 5.91 Å². The SMILES string of the molecule is Cc1nc(CC(=O)N2C[C@@H]3OCC(NC(=O)c4sccc4C)CO[C@H]3C2)cs1. The quantitative estimate of drug-likeness (QED) is 0.814. The Morgan fingerprint density at radius 1 is 1.21 bits per heavy atom. The van der Waals surface area contributed by atoms with Crippen LogP contribution < -0.4 is 5.32 Å². The fourth-order valence-corrected chi connectivity index (χ4v) is 4.93. The normalized spacial score (nSPS) is 22.7. The van der Waals surface area contributed by atoms with Crippen LogP contribution in [-0.2, 0) is 20.7 Å². The maximum Gasteiger partial charge on any atom is 0.261 e. The molecule has 0 aliphatic carbocycles. The third kappa shape index (κ3) is 4.27. The van der Waals surface area contributed by atoms with Crippen LogP contribution in [-0.4, -0.2) is 66.3 Å². The number of hydrogen-bond donors (Lipinski definition) is 1. The number of hydrogen-bond acceptors (Lipinski definition) is 7. The molecule has 2 aromatic heterocycles. The van der Waals surface area contributed by atoms with E-state index in [2.05, 4.69) is 10.3 Å². The lowest BCUT2D eigenvalue weighted by Gasteiger charge is -2.19. The van der Waals surface area contributed by atoms with Crippen molar-refractivity contribution in [3.63, 3.8) is 0 Å². The lowest BCUT2D eigenvalue weighted by molar-refractivity contribution is -0.130. The molecule has 150 valence electrons. The van der Waals surface area contributed by atoms with Crippen molar-refractivity contribution >= 4 is 34.5 Å². The molecule has 2 fully saturated rings. The molecule has 2 aliphatic heterocycles. The zero-order valence-electron chi connectivity index (χ0n) is 15.8. The second kappa shape index (κ2) is 8.28. The molecule has 0 saturated carbocycles. The standard InChI is InChI=1S/C19H23N3O4S2/c1-11-3-4-27-18(11)19(24)21-14-8-25-15-6-22(7-16(15)26-9-14)17(23)5-13-10-28-12(2)20-13/h3-4,10,14-16H,5-9H2,1-2H3,(H,21,24)/t15-,16-/m0/s1. The van der Waals surface area contributed by atoms with Gasteiger partial charge in [-0.3, -0.25) is 9.59 Å². The molecule has 0 aromatic carbocycles. The third-order valence-electron chi connectivity index (χ3n) is 4.99. The summed E-state index contributed by atoms with van der Waals surface area (Å²) >= 11 is 2.98. The number of nitrogens with one attached hydrogen (secondary N) is 1. The Hall–Kier alpha value is -1.81. The van der Waals surface area contributed by atoms with Gasteiger partial charge in [0.15, 0.2) is 0 Å². The Kier molecular flexibility index (Phi) is 5.77. The maximum atomic E-state index is 12.5. The summed E-state index contributed by atoms with van der Waals surface area (Å²) in [5, 5.41) is 7.80. The number of likely N-dealkylation sites (tertiary alicyclic amines) is 1. The summed E-state index contributed by atoms with van der Waals surface area (Å²) < 4.78 is 12.0. The van der Waals surface area contributed by atoms with Gasteiger partial charge in [0.2, 0.25) is 5.91 Å². The van der Waals surface area contributed by atoms with E-state index in [0.29, 0.717) is 32.7 Å². The van der Waals surface area contributed by atoms with E-state index in [1.807, 2.05) is 30.7 Å². The molecule has 28 heavy (non-hydrogen) atoms. The Morgan fingerprint density at radius 2 is 1.93 bits per heavy atom. The summed E-state index contributed by atoms with van der Waals surface area (Å²) in [6.07, 6.45) is -0.0131. The number of aryl methyl sites for hydroxylation is 2. The van der Waals surface area contributed by atoms with Crippen LogP contribution in [0.2, 0.25) is 0 Å². The lowest BCUT2D eigenvalue weighted by Crippen LogP contribution is -2.41. The second-order valence-corrected chi connectivity index (χ2v) is 9.16. The number of thiophene rings is 1. The van der Waals surface area contributed by atoms with Crippen molar-refractivity contribution in [1.29, 1.82) is 0 Å². The van der Waals surface area contributed by atoms with Crippen LogP contribution >= 0.6 is 22.7 Å². The monoisotopic (exact) mass is 421 g/mol. The number of rotatable bonds is 4. The number of amides is 2. The number of aromatic nitrogens is 1. The van der Waals surface area contributed by atoms with Crippen molar-refractivity contribution in [2.45, 2.75) is 38.5 Å². The van der Waals surface area contributed by atoms with Gasteiger partial charge in [-0.1, -0.05) is 0 Å². The van der Waals surface area contributed by atoms with Gasteiger partial charge in [0, 0.05) is 18.5 Å². The molecule has 2 aliphatic rings. The van der Waals surface area contributed by atoms with Gasteiger partial charge in [0.1, 0.15) is 12.2 Å². The average molecular weight is 422 g/mol. The van der Waals surface area contributed by atoms with E-state index < -0.39 is 0 Å². The summed E-state index contributed by atoms with van der Waals surface area (Å²) in [7, 11) is 0. The summed E-state index contributed by atoms with van der Waals surface area (Å²) in [6.45, 7) is 5.64. The van der Waals surface area contributed by atoms with Gasteiger partial charge in [-0.25, -0.2) is 4.98 Å². The van der Waals surface area contributed by atoms with Crippen LogP contribution in [0, 0.1) is 13.8 Å². The predicted molar refractivity (Wildman–Crippen MR) is 107 cm³/mol. The molecule has 2 amide bonds. The van der Waals surface area contributed by atoms with Crippen LogP contribution in [0.15, 0.2) is 16.8 Å². The first-order valence-corrected chi connectivity index (χ1v) is 11.0. The minimum atomic E-state index is -0.193. The van der Waals surface area contributed by atoms with Crippen molar-refractivity contribution in [2.24, 2.45) is 0 Å². The topological polar surface area (TPSA) is 80.8 Å². The fraction of sp³-hybridized carbons (Fsp3) is 0.526. The van der Waals surface area contributed by atoms with Gasteiger partial charge >= 0.3 is 0 Å². The first-order chi connectivity index (χ1) is 13.5. The smallest absolute Gasteiger partial charge is 0.261 e. The molecule has 2 saturated heterocycles. The predicted octanol–water partition coefficient (Wildman–Crippen LogP) is 1.79. The Morgan fingerprint density at radius 3 is 2.50 bits per heavy atom. The highest BCUT2D eigenvalue weighted by atomic mass is 32.1. The van der Waals surface area contributed by atoms with E-state index in [9.17, 15) is 9.59 Å². The molecular formula is C19H23N3O4S2. The van der Waals surface area contributed by atoms with Crippen LogP contribution in [0.5, 0.6) is 0 Å². The summed E-state index contributed by atoms with van der Waals surface area (Å²) in [4.78, 5) is 31.8. The number of fused-ring (bicyclic) bond motifs is 1. The van der Waals surface area contributed by atoms with E-state index in [1.54, 1.807) is 16.2 Å². The largest absolute Gasteiger partial charge is 0.371 e. The number of carbonyl (C=O) groups is 2. The fourth-order valence-electron chi connectivity index (χ4n) is 3.49. The molecule has 4 rings (SSSR count). The Balaban J connectivity index is 1.29. The van der Waals surface area contributed by atoms with Crippen molar-refractivity contribution < 1.29 is 19.1 Å².